The van der Waals surface area contributed by atoms with Crippen molar-refractivity contribution in [2.24, 2.45) is 0 Å². The molecule has 8 nitrogen and oxygen atoms in total. The van der Waals surface area contributed by atoms with E-state index < -0.39 is 15.9 Å². The van der Waals surface area contributed by atoms with Crippen molar-refractivity contribution < 1.29 is 27.8 Å². The van der Waals surface area contributed by atoms with E-state index in [1.54, 1.807) is 11.0 Å². The van der Waals surface area contributed by atoms with Crippen LogP contribution in [-0.4, -0.2) is 61.7 Å². The van der Waals surface area contributed by atoms with Crippen molar-refractivity contribution in [2.45, 2.75) is 29.2 Å². The normalized spacial score (nSPS) is 21.2. The maximum Gasteiger partial charge on any atom is 0.259 e. The number of aromatic nitrogens is 1. The second kappa shape index (κ2) is 7.47. The molecule has 2 aromatic rings. The van der Waals surface area contributed by atoms with Crippen LogP contribution in [0.2, 0.25) is 5.02 Å². The maximum atomic E-state index is 13.0. The molecule has 4 rings (SSSR count). The molecule has 154 valence electrons. The number of aliphatic hydroxyl groups is 1. The Bertz CT molecular complexity index is 1070. The molecular weight excluding hydrogens is 420 g/mol. The second-order valence-corrected chi connectivity index (χ2v) is 9.46. The number of ether oxygens (including phenoxy) is 2. The van der Waals surface area contributed by atoms with Crippen LogP contribution in [0.4, 0.5) is 0 Å². The average Bonchev–Trinajstić information content (AvgIpc) is 3.01. The van der Waals surface area contributed by atoms with Crippen molar-refractivity contribution in [3.63, 3.8) is 0 Å². The van der Waals surface area contributed by atoms with Crippen molar-refractivity contribution >= 4 is 27.3 Å². The minimum atomic E-state index is -3.81. The molecule has 1 saturated heterocycles. The largest absolute Gasteiger partial charge is 0.495 e. The van der Waals surface area contributed by atoms with E-state index in [2.05, 4.69) is 4.98 Å². The summed E-state index contributed by atoms with van der Waals surface area (Å²) in [6.07, 6.45) is 1.22. The molecule has 1 aromatic heterocycles. The third kappa shape index (κ3) is 3.77. The summed E-state index contributed by atoms with van der Waals surface area (Å²) in [5.74, 6) is -0.361. The van der Waals surface area contributed by atoms with Crippen LogP contribution in [0, 0.1) is 0 Å². The first-order chi connectivity index (χ1) is 13.8. The highest BCUT2D eigenvalue weighted by molar-refractivity contribution is 7.90. The average molecular weight is 439 g/mol. The zero-order valence-electron chi connectivity index (χ0n) is 15.5. The predicted octanol–water partition coefficient (Wildman–Crippen LogP) is 1.69. The van der Waals surface area contributed by atoms with E-state index >= 15 is 0 Å². The monoisotopic (exact) mass is 438 g/mol. The van der Waals surface area contributed by atoms with Gasteiger partial charge in [-0.3, -0.25) is 4.79 Å². The molecule has 0 radical (unpaired) electrons. The molecule has 0 unspecified atom stereocenters. The van der Waals surface area contributed by atoms with E-state index in [-0.39, 0.29) is 58.0 Å². The number of fused-ring (bicyclic) bond motifs is 2. The fourth-order valence-corrected chi connectivity index (χ4v) is 5.42. The highest BCUT2D eigenvalue weighted by Crippen LogP contribution is 2.32. The summed E-state index contributed by atoms with van der Waals surface area (Å²) in [6.45, 7) is 0.453. The SMILES string of the molecule is COc1ccc(Cl)cc1S(=O)(=O)Cc1cnc2c(c1)C(=O)N1C[C@H](O)C[C@@H]1CO2. The van der Waals surface area contributed by atoms with Crippen LogP contribution >= 0.6 is 11.6 Å². The van der Waals surface area contributed by atoms with Crippen molar-refractivity contribution in [2.75, 3.05) is 20.3 Å². The van der Waals surface area contributed by atoms with Crippen molar-refractivity contribution in [1.29, 1.82) is 0 Å². The number of nitrogens with zero attached hydrogens (tertiary/aromatic N) is 2. The quantitative estimate of drug-likeness (QED) is 0.774. The Morgan fingerprint density at radius 1 is 1.38 bits per heavy atom. The Labute approximate surface area is 172 Å². The molecule has 0 bridgehead atoms. The van der Waals surface area contributed by atoms with Crippen molar-refractivity contribution in [1.82, 2.24) is 9.88 Å². The van der Waals surface area contributed by atoms with E-state index in [1.165, 1.54) is 31.5 Å². The van der Waals surface area contributed by atoms with Gasteiger partial charge in [0.15, 0.2) is 9.84 Å². The van der Waals surface area contributed by atoms with E-state index in [9.17, 15) is 18.3 Å². The Morgan fingerprint density at radius 2 is 2.17 bits per heavy atom. The number of methoxy groups -OCH3 is 1. The Kier molecular flexibility index (Phi) is 5.14. The van der Waals surface area contributed by atoms with Gasteiger partial charge in [0, 0.05) is 17.8 Å². The predicted molar refractivity (Wildman–Crippen MR) is 104 cm³/mol. The van der Waals surface area contributed by atoms with Gasteiger partial charge < -0.3 is 19.5 Å². The van der Waals surface area contributed by atoms with Crippen LogP contribution in [0.5, 0.6) is 11.6 Å². The summed E-state index contributed by atoms with van der Waals surface area (Å²) in [6, 6.07) is 5.61. The minimum absolute atomic E-state index is 0.0345. The van der Waals surface area contributed by atoms with Crippen molar-refractivity contribution in [3.8, 4) is 11.6 Å². The summed E-state index contributed by atoms with van der Waals surface area (Å²) in [7, 11) is -2.44. The standard InChI is InChI=1S/C19H19ClN2O6S/c1-27-16-3-2-12(20)5-17(16)29(25,26)10-11-4-15-18(21-7-11)28-9-13-6-14(23)8-22(13)19(15)24/h2-5,7,13-14,23H,6,8-10H2,1H3/t13-,14-/m1/s1. The number of hydrogen-bond donors (Lipinski definition) is 1. The number of carbonyl (C=O) groups excluding carboxylic acids is 1. The third-order valence-electron chi connectivity index (χ3n) is 5.02. The molecule has 1 fully saturated rings. The first kappa shape index (κ1) is 19.9. The van der Waals surface area contributed by atoms with E-state index in [4.69, 9.17) is 21.1 Å². The lowest BCUT2D eigenvalue weighted by atomic mass is 10.2. The number of pyridine rings is 1. The van der Waals surface area contributed by atoms with Gasteiger partial charge in [0.25, 0.3) is 5.91 Å². The van der Waals surface area contributed by atoms with E-state index in [0.717, 1.165) is 0 Å². The molecule has 2 aliphatic heterocycles. The van der Waals surface area contributed by atoms with Crippen molar-refractivity contribution in [3.05, 3.63) is 46.6 Å². The summed E-state index contributed by atoms with van der Waals surface area (Å²) in [4.78, 5) is 18.6. The number of amides is 1. The molecule has 1 aromatic carbocycles. The van der Waals surface area contributed by atoms with Gasteiger partial charge >= 0.3 is 0 Å². The molecule has 0 spiro atoms. The van der Waals surface area contributed by atoms with Crippen LogP contribution in [0.3, 0.4) is 0 Å². The third-order valence-corrected chi connectivity index (χ3v) is 6.96. The zero-order valence-corrected chi connectivity index (χ0v) is 17.1. The van der Waals surface area contributed by atoms with Gasteiger partial charge in [0.2, 0.25) is 5.88 Å². The number of aliphatic hydroxyl groups excluding tert-OH is 1. The molecule has 0 aliphatic carbocycles. The molecule has 3 heterocycles. The van der Waals surface area contributed by atoms with Gasteiger partial charge in [0.1, 0.15) is 22.8 Å². The number of halogens is 1. The fraction of sp³-hybridized carbons (Fsp3) is 0.368. The highest BCUT2D eigenvalue weighted by atomic mass is 35.5. The van der Waals surface area contributed by atoms with Gasteiger partial charge in [-0.05, 0) is 36.2 Å². The molecule has 0 saturated carbocycles. The van der Waals surface area contributed by atoms with Crippen LogP contribution in [-0.2, 0) is 15.6 Å². The molecule has 1 amide bonds. The number of rotatable bonds is 4. The van der Waals surface area contributed by atoms with Gasteiger partial charge in [0.05, 0.1) is 25.0 Å². The lowest BCUT2D eigenvalue weighted by molar-refractivity contribution is 0.0709. The molecular formula is C19H19ClN2O6S. The molecule has 2 atom stereocenters. The highest BCUT2D eigenvalue weighted by Gasteiger charge is 2.39. The number of benzene rings is 1. The first-order valence-corrected chi connectivity index (χ1v) is 11.0. The topological polar surface area (TPSA) is 106 Å². The van der Waals surface area contributed by atoms with Crippen LogP contribution in [0.1, 0.15) is 22.3 Å². The summed E-state index contributed by atoms with van der Waals surface area (Å²) in [5, 5.41) is 10.1. The smallest absolute Gasteiger partial charge is 0.259 e. The van der Waals surface area contributed by atoms with E-state index in [1.807, 2.05) is 0 Å². The molecule has 1 N–H and O–H groups in total. The minimum Gasteiger partial charge on any atom is -0.495 e. The van der Waals surface area contributed by atoms with Crippen LogP contribution in [0.15, 0.2) is 35.4 Å². The van der Waals surface area contributed by atoms with Gasteiger partial charge in [-0.1, -0.05) is 11.6 Å². The molecule has 10 heteroatoms. The molecule has 2 aliphatic rings. The lowest BCUT2D eigenvalue weighted by Crippen LogP contribution is -2.37. The Balaban J connectivity index is 1.67. The van der Waals surface area contributed by atoms with Crippen LogP contribution in [0.25, 0.3) is 0 Å². The summed E-state index contributed by atoms with van der Waals surface area (Å²) >= 11 is 5.96. The molecule has 29 heavy (non-hydrogen) atoms. The second-order valence-electron chi connectivity index (χ2n) is 7.06. The number of sulfone groups is 1. The Morgan fingerprint density at radius 3 is 2.93 bits per heavy atom. The van der Waals surface area contributed by atoms with E-state index in [0.29, 0.717) is 12.0 Å². The summed E-state index contributed by atoms with van der Waals surface area (Å²) < 4.78 is 36.7. The van der Waals surface area contributed by atoms with Gasteiger partial charge in [-0.25, -0.2) is 13.4 Å². The van der Waals surface area contributed by atoms with Gasteiger partial charge in [-0.15, -0.1) is 0 Å². The number of hydrogen-bond acceptors (Lipinski definition) is 7. The fourth-order valence-electron chi connectivity index (χ4n) is 3.66. The maximum absolute atomic E-state index is 13.0. The lowest BCUT2D eigenvalue weighted by Gasteiger charge is -2.20. The van der Waals surface area contributed by atoms with Crippen LogP contribution < -0.4 is 9.47 Å². The Hall–Kier alpha value is -2.36. The first-order valence-electron chi connectivity index (χ1n) is 8.95. The van der Waals surface area contributed by atoms with Gasteiger partial charge in [-0.2, -0.15) is 0 Å². The zero-order chi connectivity index (χ0) is 20.8. The number of carbonyl (C=O) groups is 1. The summed E-state index contributed by atoms with van der Waals surface area (Å²) in [5.41, 5.74) is 0.522.